The molecule has 0 aliphatic rings. The molecule has 0 bridgehead atoms. The SMILES string of the molecule is Oc1ccc(I)nc1Cl.Oc1cccnc1Cl. The minimum Gasteiger partial charge on any atom is -0.505 e. The van der Waals surface area contributed by atoms with Gasteiger partial charge >= 0.3 is 0 Å². The second kappa shape index (κ2) is 6.83. The van der Waals surface area contributed by atoms with Crippen LogP contribution in [0.1, 0.15) is 0 Å². The van der Waals surface area contributed by atoms with Crippen LogP contribution in [0.3, 0.4) is 0 Å². The van der Waals surface area contributed by atoms with E-state index in [1.54, 1.807) is 12.1 Å². The third-order valence-electron chi connectivity index (χ3n) is 1.53. The molecule has 2 N–H and O–H groups in total. The van der Waals surface area contributed by atoms with Crippen molar-refractivity contribution in [3.8, 4) is 11.5 Å². The zero-order valence-electron chi connectivity index (χ0n) is 8.31. The minimum absolute atomic E-state index is 0.0224. The highest BCUT2D eigenvalue weighted by Gasteiger charge is 1.97. The van der Waals surface area contributed by atoms with E-state index in [9.17, 15) is 0 Å². The number of rotatable bonds is 0. The van der Waals surface area contributed by atoms with Gasteiger partial charge in [-0.25, -0.2) is 9.97 Å². The molecule has 2 rings (SSSR count). The zero-order chi connectivity index (χ0) is 12.8. The van der Waals surface area contributed by atoms with E-state index in [2.05, 4.69) is 9.97 Å². The standard InChI is InChI=1S/C5H3ClINO.C5H4ClNO/c6-5-3(9)1-2-4(7)8-5;6-5-4(8)2-1-3-7-5/h1-2,9H;1-3,8H. The first-order chi connectivity index (χ1) is 8.00. The van der Waals surface area contributed by atoms with Gasteiger partial charge in [-0.05, 0) is 46.9 Å². The summed E-state index contributed by atoms with van der Waals surface area (Å²) in [5.41, 5.74) is 0. The molecule has 0 aliphatic carbocycles. The molecule has 17 heavy (non-hydrogen) atoms. The van der Waals surface area contributed by atoms with Crippen molar-refractivity contribution >= 4 is 45.8 Å². The van der Waals surface area contributed by atoms with E-state index in [0.29, 0.717) is 0 Å². The lowest BCUT2D eigenvalue weighted by atomic mass is 10.5. The highest BCUT2D eigenvalue weighted by molar-refractivity contribution is 14.1. The summed E-state index contributed by atoms with van der Waals surface area (Å²) >= 11 is 12.8. The van der Waals surface area contributed by atoms with Gasteiger partial charge in [0.15, 0.2) is 21.8 Å². The van der Waals surface area contributed by atoms with Crippen molar-refractivity contribution < 1.29 is 10.2 Å². The lowest BCUT2D eigenvalue weighted by molar-refractivity contribution is 0.472. The number of hydrogen-bond donors (Lipinski definition) is 2. The summed E-state index contributed by atoms with van der Waals surface area (Å²) in [6.45, 7) is 0. The van der Waals surface area contributed by atoms with Crippen molar-refractivity contribution in [3.05, 3.63) is 44.5 Å². The van der Waals surface area contributed by atoms with Crippen molar-refractivity contribution in [1.29, 1.82) is 0 Å². The number of aromatic hydroxyl groups is 2. The Morgan fingerprint density at radius 2 is 1.65 bits per heavy atom. The monoisotopic (exact) mass is 384 g/mol. The molecule has 0 unspecified atom stereocenters. The molecule has 90 valence electrons. The van der Waals surface area contributed by atoms with E-state index in [4.69, 9.17) is 33.4 Å². The van der Waals surface area contributed by atoms with Crippen LogP contribution >= 0.6 is 45.8 Å². The molecule has 0 amide bonds. The Morgan fingerprint density at radius 3 is 2.06 bits per heavy atom. The summed E-state index contributed by atoms with van der Waals surface area (Å²) < 4.78 is 0.774. The highest BCUT2D eigenvalue weighted by atomic mass is 127. The van der Waals surface area contributed by atoms with Crippen LogP contribution in [0.2, 0.25) is 10.3 Å². The molecule has 2 aromatic heterocycles. The molecule has 0 saturated carbocycles. The largest absolute Gasteiger partial charge is 0.505 e. The molecule has 0 aromatic carbocycles. The number of aromatic nitrogens is 2. The Bertz CT molecular complexity index is 490. The summed E-state index contributed by atoms with van der Waals surface area (Å²) in [7, 11) is 0. The number of hydrogen-bond acceptors (Lipinski definition) is 4. The molecular weight excluding hydrogens is 378 g/mol. The molecule has 4 nitrogen and oxygen atoms in total. The molecule has 0 radical (unpaired) electrons. The van der Waals surface area contributed by atoms with Crippen molar-refractivity contribution in [2.24, 2.45) is 0 Å². The molecule has 7 heteroatoms. The van der Waals surface area contributed by atoms with Gasteiger partial charge in [-0.1, -0.05) is 23.2 Å². The van der Waals surface area contributed by atoms with E-state index in [1.165, 1.54) is 18.3 Å². The Hall–Kier alpha value is -0.790. The Kier molecular flexibility index (Phi) is 5.73. The van der Waals surface area contributed by atoms with E-state index in [0.717, 1.165) is 3.70 Å². The van der Waals surface area contributed by atoms with Crippen LogP contribution in [0.15, 0.2) is 30.5 Å². The predicted molar refractivity (Wildman–Crippen MR) is 74.5 cm³/mol. The number of halogens is 3. The number of pyridine rings is 2. The molecular formula is C10H7Cl2IN2O2. The molecule has 0 aliphatic heterocycles. The molecule has 0 fully saturated rings. The van der Waals surface area contributed by atoms with Crippen LogP contribution in [-0.2, 0) is 0 Å². The summed E-state index contributed by atoms with van der Waals surface area (Å²) in [5, 5.41) is 17.9. The fourth-order valence-electron chi connectivity index (χ4n) is 0.782. The first-order valence-corrected chi connectivity index (χ1v) is 6.14. The van der Waals surface area contributed by atoms with Gasteiger partial charge < -0.3 is 10.2 Å². The maximum atomic E-state index is 8.85. The van der Waals surface area contributed by atoms with Crippen LogP contribution in [-0.4, -0.2) is 20.2 Å². The summed E-state index contributed by atoms with van der Waals surface area (Å²) in [5.74, 6) is 0.0475. The minimum atomic E-state index is 0.0224. The summed E-state index contributed by atoms with van der Waals surface area (Å²) in [6, 6.07) is 6.29. The Labute approximate surface area is 121 Å². The Balaban J connectivity index is 0.000000171. The maximum Gasteiger partial charge on any atom is 0.171 e. The van der Waals surface area contributed by atoms with Gasteiger partial charge in [0.25, 0.3) is 0 Å². The van der Waals surface area contributed by atoms with Crippen molar-refractivity contribution in [3.63, 3.8) is 0 Å². The van der Waals surface area contributed by atoms with E-state index in [-0.39, 0.29) is 21.8 Å². The average Bonchev–Trinajstić information content (AvgIpc) is 2.29. The van der Waals surface area contributed by atoms with Crippen LogP contribution in [0, 0.1) is 3.70 Å². The molecule has 0 atom stereocenters. The second-order valence-electron chi connectivity index (χ2n) is 2.76. The second-order valence-corrected chi connectivity index (χ2v) is 4.58. The highest BCUT2D eigenvalue weighted by Crippen LogP contribution is 2.20. The van der Waals surface area contributed by atoms with E-state index < -0.39 is 0 Å². The van der Waals surface area contributed by atoms with E-state index in [1.807, 2.05) is 22.6 Å². The smallest absolute Gasteiger partial charge is 0.171 e. The topological polar surface area (TPSA) is 66.2 Å². The first kappa shape index (κ1) is 14.3. The van der Waals surface area contributed by atoms with Gasteiger partial charge in [0.05, 0.1) is 0 Å². The zero-order valence-corrected chi connectivity index (χ0v) is 12.0. The molecule has 2 aromatic rings. The third-order valence-corrected chi connectivity index (χ3v) is 2.70. The van der Waals surface area contributed by atoms with Crippen LogP contribution in [0.5, 0.6) is 11.5 Å². The van der Waals surface area contributed by atoms with E-state index >= 15 is 0 Å². The normalized spacial score (nSPS) is 9.35. The maximum absolute atomic E-state index is 8.85. The molecule has 0 saturated heterocycles. The van der Waals surface area contributed by atoms with Gasteiger partial charge in [-0.15, -0.1) is 0 Å². The van der Waals surface area contributed by atoms with Gasteiger partial charge in [-0.3, -0.25) is 0 Å². The quantitative estimate of drug-likeness (QED) is 0.539. The fourth-order valence-corrected chi connectivity index (χ4v) is 1.62. The van der Waals surface area contributed by atoms with Gasteiger partial charge in [0.2, 0.25) is 0 Å². The first-order valence-electron chi connectivity index (χ1n) is 4.31. The average molecular weight is 385 g/mol. The number of nitrogens with zero attached hydrogens (tertiary/aromatic N) is 2. The Morgan fingerprint density at radius 1 is 1.00 bits per heavy atom. The van der Waals surface area contributed by atoms with Crippen molar-refractivity contribution in [2.45, 2.75) is 0 Å². The van der Waals surface area contributed by atoms with Crippen LogP contribution in [0.4, 0.5) is 0 Å². The van der Waals surface area contributed by atoms with Crippen molar-refractivity contribution in [2.75, 3.05) is 0 Å². The lowest BCUT2D eigenvalue weighted by Crippen LogP contribution is -1.78. The lowest BCUT2D eigenvalue weighted by Gasteiger charge is -1.93. The predicted octanol–water partition coefficient (Wildman–Crippen LogP) is 3.49. The molecule has 2 heterocycles. The van der Waals surface area contributed by atoms with Gasteiger partial charge in [0.1, 0.15) is 3.70 Å². The summed E-state index contributed by atoms with van der Waals surface area (Å²) in [6.07, 6.45) is 1.52. The fraction of sp³-hybridized carbons (Fsp3) is 0. The van der Waals surface area contributed by atoms with Crippen molar-refractivity contribution in [1.82, 2.24) is 9.97 Å². The summed E-state index contributed by atoms with van der Waals surface area (Å²) in [4.78, 5) is 7.37. The third kappa shape index (κ3) is 4.93. The van der Waals surface area contributed by atoms with Crippen LogP contribution < -0.4 is 0 Å². The van der Waals surface area contributed by atoms with Gasteiger partial charge in [-0.2, -0.15) is 0 Å². The molecule has 0 spiro atoms. The van der Waals surface area contributed by atoms with Gasteiger partial charge in [0, 0.05) is 6.20 Å². The van der Waals surface area contributed by atoms with Crippen LogP contribution in [0.25, 0.3) is 0 Å².